The van der Waals surface area contributed by atoms with E-state index in [4.69, 9.17) is 0 Å². The van der Waals surface area contributed by atoms with E-state index in [1.165, 1.54) is 18.9 Å². The topological polar surface area (TPSA) is 15.3 Å². The van der Waals surface area contributed by atoms with Gasteiger partial charge in [-0.25, -0.2) is 4.39 Å². The fourth-order valence-corrected chi connectivity index (χ4v) is 2.27. The van der Waals surface area contributed by atoms with Crippen LogP contribution in [0.25, 0.3) is 0 Å². The molecule has 1 aliphatic carbocycles. The highest BCUT2D eigenvalue weighted by Crippen LogP contribution is 2.27. The first-order valence-corrected chi connectivity index (χ1v) is 6.89. The number of halogens is 1. The molecule has 0 heterocycles. The Morgan fingerprint density at radius 1 is 1.33 bits per heavy atom. The number of benzene rings is 1. The molecule has 0 amide bonds. The first kappa shape index (κ1) is 13.3. The minimum absolute atomic E-state index is 0.167. The predicted octanol–water partition coefficient (Wildman–Crippen LogP) is 3.36. The SMILES string of the molecule is CC(C)CN(CCNc1ccccc1F)C1CC1. The average molecular weight is 250 g/mol. The summed E-state index contributed by atoms with van der Waals surface area (Å²) in [6, 6.07) is 7.64. The van der Waals surface area contributed by atoms with Crippen molar-refractivity contribution in [2.45, 2.75) is 32.7 Å². The third kappa shape index (κ3) is 3.98. The van der Waals surface area contributed by atoms with Crippen LogP contribution in [0.2, 0.25) is 0 Å². The maximum absolute atomic E-state index is 13.4. The van der Waals surface area contributed by atoms with E-state index in [1.807, 2.05) is 6.07 Å². The highest BCUT2D eigenvalue weighted by atomic mass is 19.1. The lowest BCUT2D eigenvalue weighted by Gasteiger charge is -2.24. The fourth-order valence-electron chi connectivity index (χ4n) is 2.27. The largest absolute Gasteiger partial charge is 0.381 e. The normalized spacial score (nSPS) is 15.4. The van der Waals surface area contributed by atoms with E-state index in [1.54, 1.807) is 12.1 Å². The summed E-state index contributed by atoms with van der Waals surface area (Å²) in [5, 5.41) is 3.18. The van der Waals surface area contributed by atoms with Crippen molar-refractivity contribution < 1.29 is 4.39 Å². The van der Waals surface area contributed by atoms with E-state index in [0.29, 0.717) is 11.6 Å². The summed E-state index contributed by atoms with van der Waals surface area (Å²) >= 11 is 0. The van der Waals surface area contributed by atoms with Gasteiger partial charge in [-0.1, -0.05) is 26.0 Å². The summed E-state index contributed by atoms with van der Waals surface area (Å²) in [7, 11) is 0. The molecule has 1 aromatic rings. The molecule has 2 nitrogen and oxygen atoms in total. The lowest BCUT2D eigenvalue weighted by Crippen LogP contribution is -2.34. The Labute approximate surface area is 109 Å². The molecule has 3 heteroatoms. The van der Waals surface area contributed by atoms with E-state index in [9.17, 15) is 4.39 Å². The standard InChI is InChI=1S/C15H23FN2/c1-12(2)11-18(13-7-8-13)10-9-17-15-6-4-3-5-14(15)16/h3-6,12-13,17H,7-11H2,1-2H3. The Kier molecular flexibility index (Phi) is 4.59. The molecule has 0 spiro atoms. The van der Waals surface area contributed by atoms with Crippen molar-refractivity contribution in [2.75, 3.05) is 25.0 Å². The van der Waals surface area contributed by atoms with Crippen LogP contribution >= 0.6 is 0 Å². The molecule has 100 valence electrons. The van der Waals surface area contributed by atoms with Crippen LogP contribution in [-0.2, 0) is 0 Å². The number of hydrogen-bond donors (Lipinski definition) is 1. The Morgan fingerprint density at radius 2 is 2.06 bits per heavy atom. The van der Waals surface area contributed by atoms with Crippen LogP contribution in [0.3, 0.4) is 0 Å². The van der Waals surface area contributed by atoms with Gasteiger partial charge in [-0.05, 0) is 30.9 Å². The zero-order valence-corrected chi connectivity index (χ0v) is 11.3. The van der Waals surface area contributed by atoms with E-state index in [-0.39, 0.29) is 5.82 Å². The molecule has 0 bridgehead atoms. The van der Waals surface area contributed by atoms with Gasteiger partial charge >= 0.3 is 0 Å². The quantitative estimate of drug-likeness (QED) is 0.798. The van der Waals surface area contributed by atoms with Crippen molar-refractivity contribution in [3.8, 4) is 0 Å². The van der Waals surface area contributed by atoms with Gasteiger partial charge in [0.25, 0.3) is 0 Å². The molecule has 0 unspecified atom stereocenters. The summed E-state index contributed by atoms with van der Waals surface area (Å²) in [6.45, 7) is 7.45. The second-order valence-electron chi connectivity index (χ2n) is 5.53. The van der Waals surface area contributed by atoms with E-state index >= 15 is 0 Å². The van der Waals surface area contributed by atoms with Gasteiger partial charge in [0.05, 0.1) is 5.69 Å². The molecule has 1 saturated carbocycles. The maximum Gasteiger partial charge on any atom is 0.146 e. The van der Waals surface area contributed by atoms with Gasteiger partial charge in [0.15, 0.2) is 0 Å². The molecule has 0 radical (unpaired) electrons. The van der Waals surface area contributed by atoms with Gasteiger partial charge in [-0.15, -0.1) is 0 Å². The molecule has 0 aromatic heterocycles. The van der Waals surface area contributed by atoms with Crippen LogP contribution in [0.5, 0.6) is 0 Å². The van der Waals surface area contributed by atoms with Gasteiger partial charge in [-0.2, -0.15) is 0 Å². The molecule has 1 fully saturated rings. The van der Waals surface area contributed by atoms with Crippen LogP contribution in [0.15, 0.2) is 24.3 Å². The molecule has 1 N–H and O–H groups in total. The van der Waals surface area contributed by atoms with Crippen LogP contribution in [0.1, 0.15) is 26.7 Å². The van der Waals surface area contributed by atoms with E-state index in [0.717, 1.165) is 25.7 Å². The minimum Gasteiger partial charge on any atom is -0.381 e. The summed E-state index contributed by atoms with van der Waals surface area (Å²) in [6.07, 6.45) is 2.65. The summed E-state index contributed by atoms with van der Waals surface area (Å²) in [5.41, 5.74) is 0.609. The molecule has 1 aromatic carbocycles. The summed E-state index contributed by atoms with van der Waals surface area (Å²) in [4.78, 5) is 2.53. The Morgan fingerprint density at radius 3 is 2.67 bits per heavy atom. The second kappa shape index (κ2) is 6.19. The Balaban J connectivity index is 1.78. The van der Waals surface area contributed by atoms with E-state index < -0.39 is 0 Å². The van der Waals surface area contributed by atoms with Gasteiger partial charge < -0.3 is 5.32 Å². The van der Waals surface area contributed by atoms with Crippen molar-refractivity contribution in [1.82, 2.24) is 4.90 Å². The molecule has 0 saturated heterocycles. The van der Waals surface area contributed by atoms with Crippen molar-refractivity contribution in [3.63, 3.8) is 0 Å². The predicted molar refractivity (Wildman–Crippen MR) is 74.3 cm³/mol. The van der Waals surface area contributed by atoms with Crippen LogP contribution < -0.4 is 5.32 Å². The molecular formula is C15H23FN2. The number of anilines is 1. The first-order valence-electron chi connectivity index (χ1n) is 6.89. The number of nitrogens with zero attached hydrogens (tertiary/aromatic N) is 1. The highest BCUT2D eigenvalue weighted by molar-refractivity contribution is 5.44. The molecule has 0 aliphatic heterocycles. The lowest BCUT2D eigenvalue weighted by atomic mass is 10.2. The van der Waals surface area contributed by atoms with Gasteiger partial charge in [0.2, 0.25) is 0 Å². The zero-order valence-electron chi connectivity index (χ0n) is 11.3. The third-order valence-corrected chi connectivity index (χ3v) is 3.25. The summed E-state index contributed by atoms with van der Waals surface area (Å²) < 4.78 is 13.4. The van der Waals surface area contributed by atoms with Crippen LogP contribution in [0.4, 0.5) is 10.1 Å². The fraction of sp³-hybridized carbons (Fsp3) is 0.600. The lowest BCUT2D eigenvalue weighted by molar-refractivity contribution is 0.243. The van der Waals surface area contributed by atoms with Crippen molar-refractivity contribution in [2.24, 2.45) is 5.92 Å². The van der Waals surface area contributed by atoms with Crippen LogP contribution in [-0.4, -0.2) is 30.6 Å². The second-order valence-corrected chi connectivity index (χ2v) is 5.53. The van der Waals surface area contributed by atoms with Gasteiger partial charge in [-0.3, -0.25) is 4.90 Å². The highest BCUT2D eigenvalue weighted by Gasteiger charge is 2.28. The Hall–Kier alpha value is -1.09. The maximum atomic E-state index is 13.4. The zero-order chi connectivity index (χ0) is 13.0. The van der Waals surface area contributed by atoms with Crippen LogP contribution in [0, 0.1) is 11.7 Å². The molecule has 18 heavy (non-hydrogen) atoms. The molecule has 0 atom stereocenters. The van der Waals surface area contributed by atoms with Crippen molar-refractivity contribution >= 4 is 5.69 Å². The molecular weight excluding hydrogens is 227 g/mol. The minimum atomic E-state index is -0.167. The molecule has 2 rings (SSSR count). The average Bonchev–Trinajstić information content (AvgIpc) is 3.14. The first-order chi connectivity index (χ1) is 8.66. The number of hydrogen-bond acceptors (Lipinski definition) is 2. The van der Waals surface area contributed by atoms with E-state index in [2.05, 4.69) is 24.1 Å². The van der Waals surface area contributed by atoms with Crippen molar-refractivity contribution in [3.05, 3.63) is 30.1 Å². The van der Waals surface area contributed by atoms with Gasteiger partial charge in [0.1, 0.15) is 5.82 Å². The molecule has 1 aliphatic rings. The smallest absolute Gasteiger partial charge is 0.146 e. The number of para-hydroxylation sites is 1. The van der Waals surface area contributed by atoms with Gasteiger partial charge in [0, 0.05) is 25.7 Å². The van der Waals surface area contributed by atoms with Crippen molar-refractivity contribution in [1.29, 1.82) is 0 Å². The third-order valence-electron chi connectivity index (χ3n) is 3.25. The monoisotopic (exact) mass is 250 g/mol. The summed E-state index contributed by atoms with van der Waals surface area (Å²) in [5.74, 6) is 0.526. The Bertz CT molecular complexity index is 375. The number of rotatable bonds is 7. The number of nitrogens with one attached hydrogen (secondary N) is 1.